The molecule has 8 nitrogen and oxygen atoms in total. The molecular weight excluding hydrogens is 479 g/mol. The molecule has 0 fully saturated rings. The zero-order chi connectivity index (χ0) is 20.1. The molecular formula is C17H24ClIN8. The van der Waals surface area contributed by atoms with Gasteiger partial charge >= 0.3 is 0 Å². The summed E-state index contributed by atoms with van der Waals surface area (Å²) < 4.78 is 0.299. The Kier molecular flexibility index (Phi) is 7.42. The van der Waals surface area contributed by atoms with Crippen molar-refractivity contribution in [3.8, 4) is 11.4 Å². The maximum atomic E-state index is 6.44. The Labute approximate surface area is 178 Å². The molecule has 2 heterocycles. The van der Waals surface area contributed by atoms with Gasteiger partial charge in [-0.1, -0.05) is 54.6 Å². The summed E-state index contributed by atoms with van der Waals surface area (Å²) in [5.41, 5.74) is 13.1. The van der Waals surface area contributed by atoms with Crippen LogP contribution in [0, 0.1) is 0 Å². The average Bonchev–Trinajstić information content (AvgIpc) is 2.60. The molecule has 0 aromatic carbocycles. The van der Waals surface area contributed by atoms with Crippen molar-refractivity contribution in [3.05, 3.63) is 24.1 Å². The van der Waals surface area contributed by atoms with Gasteiger partial charge < -0.3 is 21.3 Å². The number of halogens is 2. The molecule has 10 heteroatoms. The lowest BCUT2D eigenvalue weighted by atomic mass is 10.2. The van der Waals surface area contributed by atoms with Gasteiger partial charge in [0.15, 0.2) is 17.5 Å². The van der Waals surface area contributed by atoms with E-state index in [0.29, 0.717) is 44.3 Å². The molecule has 27 heavy (non-hydrogen) atoms. The molecule has 0 bridgehead atoms. The first-order chi connectivity index (χ1) is 12.7. The van der Waals surface area contributed by atoms with E-state index in [-0.39, 0.29) is 5.95 Å². The molecule has 0 saturated heterocycles. The minimum atomic E-state index is 0.187. The quantitative estimate of drug-likeness (QED) is 0.321. The highest BCUT2D eigenvalue weighted by atomic mass is 127. The lowest BCUT2D eigenvalue weighted by Crippen LogP contribution is -2.29. The van der Waals surface area contributed by atoms with Gasteiger partial charge in [0.1, 0.15) is 10.8 Å². The van der Waals surface area contributed by atoms with Crippen molar-refractivity contribution < 1.29 is 0 Å². The molecule has 1 atom stereocenters. The molecule has 4 N–H and O–H groups in total. The number of aromatic nitrogens is 4. The maximum absolute atomic E-state index is 6.44. The van der Waals surface area contributed by atoms with Gasteiger partial charge in [0.25, 0.3) is 0 Å². The van der Waals surface area contributed by atoms with Gasteiger partial charge in [-0.25, -0.2) is 19.9 Å². The van der Waals surface area contributed by atoms with Crippen LogP contribution >= 0.6 is 34.2 Å². The standard InChI is InChI=1S/C17H24ClIN8/c1-5-6-26(4)15-13(20)16(27(11(3)18)9-10(2)19)25-14(24-15)12-7-22-17(21)23-8-12/h7-8,10H,3,5-6,9,20H2,1-2,4H3,(H2,21,22,23). The normalized spacial score (nSPS) is 11.9. The van der Waals surface area contributed by atoms with Crippen LogP contribution in [0.1, 0.15) is 20.3 Å². The average molecular weight is 503 g/mol. The number of anilines is 4. The fourth-order valence-electron chi connectivity index (χ4n) is 2.52. The summed E-state index contributed by atoms with van der Waals surface area (Å²) >= 11 is 8.58. The summed E-state index contributed by atoms with van der Waals surface area (Å²) in [6, 6.07) is 0. The summed E-state index contributed by atoms with van der Waals surface area (Å²) in [4.78, 5) is 21.1. The predicted molar refractivity (Wildman–Crippen MR) is 121 cm³/mol. The van der Waals surface area contributed by atoms with Crippen LogP contribution in [-0.2, 0) is 0 Å². The second kappa shape index (κ2) is 9.36. The van der Waals surface area contributed by atoms with Crippen molar-refractivity contribution in [2.24, 2.45) is 0 Å². The van der Waals surface area contributed by atoms with Gasteiger partial charge in [-0.05, 0) is 6.42 Å². The van der Waals surface area contributed by atoms with Crippen molar-refractivity contribution in [2.45, 2.75) is 24.2 Å². The topological polar surface area (TPSA) is 110 Å². The monoisotopic (exact) mass is 502 g/mol. The third-order valence-corrected chi connectivity index (χ3v) is 4.34. The number of hydrogen-bond acceptors (Lipinski definition) is 8. The molecule has 2 rings (SSSR count). The Morgan fingerprint density at radius 1 is 1.26 bits per heavy atom. The van der Waals surface area contributed by atoms with Gasteiger partial charge in [0.2, 0.25) is 5.95 Å². The Bertz CT molecular complexity index is 796. The molecule has 1 unspecified atom stereocenters. The SMILES string of the molecule is C=C(Cl)N(CC(C)I)c1nc(-c2cnc(N)nc2)nc(N(C)CCC)c1N. The van der Waals surface area contributed by atoms with Crippen molar-refractivity contribution in [1.82, 2.24) is 19.9 Å². The largest absolute Gasteiger partial charge is 0.393 e. The van der Waals surface area contributed by atoms with Crippen LogP contribution < -0.4 is 21.3 Å². The molecule has 0 saturated carbocycles. The molecule has 2 aromatic heterocycles. The fourth-order valence-corrected chi connectivity index (χ4v) is 3.06. The summed E-state index contributed by atoms with van der Waals surface area (Å²) in [7, 11) is 1.94. The van der Waals surface area contributed by atoms with E-state index in [4.69, 9.17) is 23.1 Å². The van der Waals surface area contributed by atoms with E-state index in [9.17, 15) is 0 Å². The number of nitrogens with zero attached hydrogens (tertiary/aromatic N) is 6. The Morgan fingerprint density at radius 2 is 1.85 bits per heavy atom. The number of alkyl halides is 1. The van der Waals surface area contributed by atoms with Crippen molar-refractivity contribution in [2.75, 3.05) is 41.4 Å². The summed E-state index contributed by atoms with van der Waals surface area (Å²) in [6.45, 7) is 9.44. The second-order valence-corrected chi connectivity index (χ2v) is 8.69. The maximum Gasteiger partial charge on any atom is 0.219 e. The minimum Gasteiger partial charge on any atom is -0.393 e. The molecule has 0 spiro atoms. The first kappa shape index (κ1) is 21.4. The first-order valence-corrected chi connectivity index (χ1v) is 10.1. The van der Waals surface area contributed by atoms with E-state index < -0.39 is 0 Å². The molecule has 0 aliphatic rings. The van der Waals surface area contributed by atoms with Crippen molar-refractivity contribution in [3.63, 3.8) is 0 Å². The van der Waals surface area contributed by atoms with E-state index in [1.807, 2.05) is 11.9 Å². The third kappa shape index (κ3) is 5.32. The van der Waals surface area contributed by atoms with Crippen LogP contribution in [0.2, 0.25) is 0 Å². The Balaban J connectivity index is 2.66. The lowest BCUT2D eigenvalue weighted by molar-refractivity contribution is 0.832. The summed E-state index contributed by atoms with van der Waals surface area (Å²) in [5.74, 6) is 1.77. The van der Waals surface area contributed by atoms with E-state index in [1.54, 1.807) is 17.3 Å². The Morgan fingerprint density at radius 3 is 2.37 bits per heavy atom. The summed E-state index contributed by atoms with van der Waals surface area (Å²) in [6.07, 6.45) is 4.12. The highest BCUT2D eigenvalue weighted by Gasteiger charge is 2.22. The highest BCUT2D eigenvalue weighted by molar-refractivity contribution is 14.1. The van der Waals surface area contributed by atoms with Crippen molar-refractivity contribution >= 4 is 57.5 Å². The van der Waals surface area contributed by atoms with Crippen LogP contribution in [0.3, 0.4) is 0 Å². The van der Waals surface area contributed by atoms with Crippen molar-refractivity contribution in [1.29, 1.82) is 0 Å². The van der Waals surface area contributed by atoms with Crippen LogP contribution in [0.25, 0.3) is 11.4 Å². The Hall–Kier alpha value is -1.88. The van der Waals surface area contributed by atoms with Gasteiger partial charge in [0, 0.05) is 36.5 Å². The predicted octanol–water partition coefficient (Wildman–Crippen LogP) is 3.28. The molecule has 0 aliphatic carbocycles. The number of nitrogen functional groups attached to an aromatic ring is 2. The first-order valence-electron chi connectivity index (χ1n) is 8.47. The van der Waals surface area contributed by atoms with Crippen LogP contribution in [0.15, 0.2) is 24.1 Å². The highest BCUT2D eigenvalue weighted by Crippen LogP contribution is 2.34. The zero-order valence-electron chi connectivity index (χ0n) is 15.7. The molecule has 0 amide bonds. The number of hydrogen-bond donors (Lipinski definition) is 2. The zero-order valence-corrected chi connectivity index (χ0v) is 18.6. The second-order valence-electron chi connectivity index (χ2n) is 6.13. The smallest absolute Gasteiger partial charge is 0.219 e. The van der Waals surface area contributed by atoms with Gasteiger partial charge in [-0.15, -0.1) is 0 Å². The van der Waals surface area contributed by atoms with Crippen LogP contribution in [-0.4, -0.2) is 44.0 Å². The number of nitrogens with two attached hydrogens (primary N) is 2. The van der Waals surface area contributed by atoms with E-state index in [1.165, 1.54) is 0 Å². The third-order valence-electron chi connectivity index (χ3n) is 3.74. The van der Waals surface area contributed by atoms with Crippen LogP contribution in [0.4, 0.5) is 23.3 Å². The summed E-state index contributed by atoms with van der Waals surface area (Å²) in [5, 5.41) is 0.340. The van der Waals surface area contributed by atoms with E-state index in [2.05, 4.69) is 63.0 Å². The van der Waals surface area contributed by atoms with Gasteiger partial charge in [0.05, 0.1) is 5.56 Å². The molecule has 2 aromatic rings. The molecule has 0 aliphatic heterocycles. The van der Waals surface area contributed by atoms with Crippen LogP contribution in [0.5, 0.6) is 0 Å². The lowest BCUT2D eigenvalue weighted by Gasteiger charge is -2.28. The van der Waals surface area contributed by atoms with E-state index in [0.717, 1.165) is 13.0 Å². The fraction of sp³-hybridized carbons (Fsp3) is 0.412. The number of rotatable bonds is 8. The van der Waals surface area contributed by atoms with Gasteiger partial charge in [-0.3, -0.25) is 0 Å². The molecule has 146 valence electrons. The van der Waals surface area contributed by atoms with Gasteiger partial charge in [-0.2, -0.15) is 0 Å². The molecule has 0 radical (unpaired) electrons. The van der Waals surface area contributed by atoms with E-state index >= 15 is 0 Å². The minimum absolute atomic E-state index is 0.187.